The number of hydrogen-bond donors (Lipinski definition) is 1. The van der Waals surface area contributed by atoms with Crippen LogP contribution in [0.5, 0.6) is 0 Å². The molecule has 1 aliphatic rings. The number of thiazole rings is 1. The number of fused-ring (bicyclic) bond motifs is 1. The Labute approximate surface area is 139 Å². The zero-order valence-electron chi connectivity index (χ0n) is 11.6. The number of aromatic nitrogens is 3. The van der Waals surface area contributed by atoms with Crippen molar-refractivity contribution in [2.24, 2.45) is 0 Å². The van der Waals surface area contributed by atoms with E-state index in [-0.39, 0.29) is 17.4 Å². The second-order valence-corrected chi connectivity index (χ2v) is 6.63. The minimum absolute atomic E-state index is 0.288. The highest BCUT2D eigenvalue weighted by Crippen LogP contribution is 2.30. The van der Waals surface area contributed by atoms with Gasteiger partial charge in [0, 0.05) is 23.2 Å². The van der Waals surface area contributed by atoms with E-state index in [1.54, 1.807) is 35.7 Å². The Bertz CT molecular complexity index is 920. The van der Waals surface area contributed by atoms with Crippen LogP contribution < -0.4 is 5.32 Å². The third-order valence-electron chi connectivity index (χ3n) is 3.32. The van der Waals surface area contributed by atoms with E-state index < -0.39 is 0 Å². The Kier molecular flexibility index (Phi) is 3.40. The van der Waals surface area contributed by atoms with Crippen LogP contribution in [0.15, 0.2) is 33.5 Å². The maximum atomic E-state index is 12.3. The van der Waals surface area contributed by atoms with E-state index in [0.29, 0.717) is 10.7 Å². The molecule has 0 saturated carbocycles. The molecule has 114 valence electrons. The first-order chi connectivity index (χ1) is 11.3. The molecular weight excluding hydrogens is 334 g/mol. The summed E-state index contributed by atoms with van der Waals surface area (Å²) in [5.74, 6) is 0.803. The van der Waals surface area contributed by atoms with E-state index in [4.69, 9.17) is 4.42 Å². The third-order valence-corrected chi connectivity index (χ3v) is 5.17. The predicted octanol–water partition coefficient (Wildman–Crippen LogP) is 2.83. The number of nitrogens with one attached hydrogen (secondary N) is 1. The molecule has 0 bridgehead atoms. The van der Waals surface area contributed by atoms with Crippen molar-refractivity contribution in [2.75, 3.05) is 11.1 Å². The molecule has 0 atom stereocenters. The Morgan fingerprint density at radius 1 is 1.48 bits per heavy atom. The molecule has 3 aromatic rings. The lowest BCUT2D eigenvalue weighted by Crippen LogP contribution is -2.14. The van der Waals surface area contributed by atoms with Crippen molar-refractivity contribution in [3.63, 3.8) is 0 Å². The van der Waals surface area contributed by atoms with Crippen molar-refractivity contribution in [3.05, 3.63) is 35.4 Å². The molecule has 0 fully saturated rings. The van der Waals surface area contributed by atoms with Gasteiger partial charge in [-0.1, -0.05) is 11.8 Å². The molecule has 23 heavy (non-hydrogen) atoms. The SMILES string of the molecule is N#Cc1c(NC(=O)c2csc(-c3ccoc3)n2)nc2n1CCS2. The number of amides is 1. The first-order valence-electron chi connectivity index (χ1n) is 6.69. The summed E-state index contributed by atoms with van der Waals surface area (Å²) in [5.41, 5.74) is 1.49. The van der Waals surface area contributed by atoms with Crippen molar-refractivity contribution in [2.45, 2.75) is 11.7 Å². The fraction of sp³-hybridized carbons (Fsp3) is 0.143. The topological polar surface area (TPSA) is 96.7 Å². The van der Waals surface area contributed by atoms with Crippen molar-refractivity contribution in [1.29, 1.82) is 5.26 Å². The number of anilines is 1. The van der Waals surface area contributed by atoms with Crippen molar-refractivity contribution in [3.8, 4) is 16.6 Å². The Morgan fingerprint density at radius 2 is 2.39 bits per heavy atom. The number of nitriles is 1. The molecule has 4 heterocycles. The van der Waals surface area contributed by atoms with Gasteiger partial charge in [-0.15, -0.1) is 11.3 Å². The average Bonchev–Trinajstić information content (AvgIpc) is 3.30. The number of rotatable bonds is 3. The number of furan rings is 1. The van der Waals surface area contributed by atoms with Crippen LogP contribution in [0.4, 0.5) is 5.82 Å². The van der Waals surface area contributed by atoms with Gasteiger partial charge in [-0.3, -0.25) is 4.79 Å². The van der Waals surface area contributed by atoms with Crippen LogP contribution in [0.25, 0.3) is 10.6 Å². The van der Waals surface area contributed by atoms with Gasteiger partial charge in [-0.2, -0.15) is 5.26 Å². The molecule has 1 N–H and O–H groups in total. The second kappa shape index (κ2) is 5.57. The summed E-state index contributed by atoms with van der Waals surface area (Å²) in [4.78, 5) is 20.9. The zero-order valence-corrected chi connectivity index (χ0v) is 13.3. The van der Waals surface area contributed by atoms with E-state index in [2.05, 4.69) is 21.4 Å². The molecule has 1 aliphatic heterocycles. The summed E-state index contributed by atoms with van der Waals surface area (Å²) in [6.07, 6.45) is 3.13. The molecule has 1 amide bonds. The Morgan fingerprint density at radius 3 is 3.17 bits per heavy atom. The van der Waals surface area contributed by atoms with Gasteiger partial charge in [0.2, 0.25) is 0 Å². The summed E-state index contributed by atoms with van der Waals surface area (Å²) in [5, 5.41) is 15.1. The molecule has 0 spiro atoms. The third kappa shape index (κ3) is 2.42. The van der Waals surface area contributed by atoms with Crippen molar-refractivity contribution >= 4 is 34.8 Å². The van der Waals surface area contributed by atoms with Gasteiger partial charge in [-0.25, -0.2) is 9.97 Å². The highest BCUT2D eigenvalue weighted by atomic mass is 32.2. The van der Waals surface area contributed by atoms with Crippen LogP contribution in [0.2, 0.25) is 0 Å². The lowest BCUT2D eigenvalue weighted by Gasteiger charge is -2.01. The number of hydrogen-bond acceptors (Lipinski definition) is 7. The molecule has 0 aromatic carbocycles. The van der Waals surface area contributed by atoms with E-state index in [0.717, 1.165) is 23.0 Å². The second-order valence-electron chi connectivity index (χ2n) is 4.71. The normalized spacial score (nSPS) is 12.8. The lowest BCUT2D eigenvalue weighted by molar-refractivity contribution is 0.102. The van der Waals surface area contributed by atoms with Gasteiger partial charge in [0.05, 0.1) is 6.26 Å². The van der Waals surface area contributed by atoms with E-state index >= 15 is 0 Å². The quantitative estimate of drug-likeness (QED) is 0.785. The van der Waals surface area contributed by atoms with Crippen molar-refractivity contribution < 1.29 is 9.21 Å². The lowest BCUT2D eigenvalue weighted by atomic mass is 10.3. The molecule has 4 rings (SSSR count). The maximum absolute atomic E-state index is 12.3. The summed E-state index contributed by atoms with van der Waals surface area (Å²) in [7, 11) is 0. The number of thioether (sulfide) groups is 1. The van der Waals surface area contributed by atoms with Gasteiger partial charge in [0.1, 0.15) is 23.0 Å². The smallest absolute Gasteiger partial charge is 0.276 e. The van der Waals surface area contributed by atoms with Crippen LogP contribution in [0.1, 0.15) is 16.2 Å². The van der Waals surface area contributed by atoms with Crippen LogP contribution in [-0.2, 0) is 6.54 Å². The minimum Gasteiger partial charge on any atom is -0.472 e. The van der Waals surface area contributed by atoms with Gasteiger partial charge in [0.15, 0.2) is 16.7 Å². The number of imidazole rings is 1. The zero-order chi connectivity index (χ0) is 15.8. The predicted molar refractivity (Wildman–Crippen MR) is 85.4 cm³/mol. The van der Waals surface area contributed by atoms with Gasteiger partial charge in [0.25, 0.3) is 5.91 Å². The molecular formula is C14H9N5O2S2. The first-order valence-corrected chi connectivity index (χ1v) is 8.55. The molecule has 0 unspecified atom stereocenters. The standard InChI is InChI=1S/C14H9N5O2S2/c15-5-10-11(18-14-19(10)2-4-22-14)17-12(20)9-7-23-13(16-9)8-1-3-21-6-8/h1,3,6-7H,2,4H2,(H,17,20). The van der Waals surface area contributed by atoms with E-state index in [1.165, 1.54) is 11.3 Å². The summed E-state index contributed by atoms with van der Waals surface area (Å²) < 4.78 is 6.83. The molecule has 0 saturated heterocycles. The largest absolute Gasteiger partial charge is 0.472 e. The van der Waals surface area contributed by atoms with Gasteiger partial charge >= 0.3 is 0 Å². The van der Waals surface area contributed by atoms with Crippen LogP contribution in [0.3, 0.4) is 0 Å². The number of carbonyl (C=O) groups excluding carboxylic acids is 1. The number of nitrogens with zero attached hydrogens (tertiary/aromatic N) is 4. The average molecular weight is 343 g/mol. The van der Waals surface area contributed by atoms with E-state index in [1.807, 2.05) is 4.57 Å². The maximum Gasteiger partial charge on any atom is 0.276 e. The molecule has 9 heteroatoms. The highest BCUT2D eigenvalue weighted by Gasteiger charge is 2.23. The fourth-order valence-electron chi connectivity index (χ4n) is 2.25. The summed E-state index contributed by atoms with van der Waals surface area (Å²) in [6, 6.07) is 3.89. The van der Waals surface area contributed by atoms with Crippen LogP contribution in [0, 0.1) is 11.3 Å². The minimum atomic E-state index is -0.380. The van der Waals surface area contributed by atoms with Crippen LogP contribution >= 0.6 is 23.1 Å². The van der Waals surface area contributed by atoms with Crippen LogP contribution in [-0.4, -0.2) is 26.2 Å². The fourth-order valence-corrected chi connectivity index (χ4v) is 3.98. The number of carbonyl (C=O) groups is 1. The van der Waals surface area contributed by atoms with E-state index in [9.17, 15) is 10.1 Å². The Balaban J connectivity index is 1.58. The molecule has 3 aromatic heterocycles. The molecule has 0 aliphatic carbocycles. The summed E-state index contributed by atoms with van der Waals surface area (Å²) in [6.45, 7) is 0.729. The first kappa shape index (κ1) is 14.0. The molecule has 0 radical (unpaired) electrons. The van der Waals surface area contributed by atoms with Crippen molar-refractivity contribution in [1.82, 2.24) is 14.5 Å². The monoisotopic (exact) mass is 343 g/mol. The Hall–Kier alpha value is -2.57. The molecule has 7 nitrogen and oxygen atoms in total. The highest BCUT2D eigenvalue weighted by molar-refractivity contribution is 7.99. The van der Waals surface area contributed by atoms with Gasteiger partial charge < -0.3 is 14.3 Å². The van der Waals surface area contributed by atoms with Gasteiger partial charge in [-0.05, 0) is 6.07 Å². The summed E-state index contributed by atoms with van der Waals surface area (Å²) >= 11 is 2.92.